The van der Waals surface area contributed by atoms with Gasteiger partial charge in [0.25, 0.3) is 0 Å². The van der Waals surface area contributed by atoms with Crippen LogP contribution in [0.15, 0.2) is 39.9 Å². The normalized spacial score (nSPS) is 16.9. The summed E-state index contributed by atoms with van der Waals surface area (Å²) in [6.07, 6.45) is 1.55. The predicted octanol–water partition coefficient (Wildman–Crippen LogP) is 3.56. The first kappa shape index (κ1) is 22.9. The van der Waals surface area contributed by atoms with Crippen molar-refractivity contribution in [3.05, 3.63) is 46.1 Å². The zero-order chi connectivity index (χ0) is 23.3. The number of aromatic nitrogens is 3. The van der Waals surface area contributed by atoms with E-state index in [1.165, 1.54) is 0 Å². The van der Waals surface area contributed by atoms with Crippen molar-refractivity contribution >= 4 is 47.3 Å². The van der Waals surface area contributed by atoms with E-state index in [-0.39, 0.29) is 0 Å². The van der Waals surface area contributed by atoms with Crippen LogP contribution in [0, 0.1) is 0 Å². The van der Waals surface area contributed by atoms with Crippen LogP contribution in [0.1, 0.15) is 5.76 Å². The Morgan fingerprint density at radius 3 is 2.15 bits per heavy atom. The molecule has 10 nitrogen and oxygen atoms in total. The Kier molecular flexibility index (Phi) is 7.10. The number of hydrogen-bond donors (Lipinski definition) is 1. The Balaban J connectivity index is 1.34. The van der Waals surface area contributed by atoms with Crippen LogP contribution >= 0.6 is 23.2 Å². The Bertz CT molecular complexity index is 1120. The molecule has 12 heteroatoms. The Hall–Kier alpha value is -2.92. The number of nitrogens with zero attached hydrogens (tertiary/aromatic N) is 6. The van der Waals surface area contributed by atoms with Crippen molar-refractivity contribution in [3.8, 4) is 11.3 Å². The second kappa shape index (κ2) is 10.6. The van der Waals surface area contributed by atoms with Crippen molar-refractivity contribution < 1.29 is 13.9 Å². The quantitative estimate of drug-likeness (QED) is 0.399. The highest BCUT2D eigenvalue weighted by Gasteiger charge is 2.20. The first-order chi connectivity index (χ1) is 16.7. The van der Waals surface area contributed by atoms with Crippen molar-refractivity contribution in [2.45, 2.75) is 0 Å². The number of hydrogen-bond acceptors (Lipinski definition) is 10. The summed E-state index contributed by atoms with van der Waals surface area (Å²) in [7, 11) is 0. The van der Waals surface area contributed by atoms with Crippen molar-refractivity contribution in [2.24, 2.45) is 5.10 Å². The maximum Gasteiger partial charge on any atom is 0.250 e. The molecule has 178 valence electrons. The Morgan fingerprint density at radius 2 is 1.50 bits per heavy atom. The maximum absolute atomic E-state index is 6.30. The summed E-state index contributed by atoms with van der Waals surface area (Å²) in [5.41, 5.74) is 3.62. The summed E-state index contributed by atoms with van der Waals surface area (Å²) < 4.78 is 16.8. The minimum Gasteiger partial charge on any atom is -0.455 e. The summed E-state index contributed by atoms with van der Waals surface area (Å²) in [6.45, 7) is 5.42. The Morgan fingerprint density at radius 1 is 0.853 bits per heavy atom. The van der Waals surface area contributed by atoms with Crippen LogP contribution in [0.3, 0.4) is 0 Å². The van der Waals surface area contributed by atoms with E-state index in [0.29, 0.717) is 71.4 Å². The van der Waals surface area contributed by atoms with E-state index < -0.39 is 0 Å². The minimum absolute atomic E-state index is 0.346. The number of benzene rings is 1. The lowest BCUT2D eigenvalue weighted by atomic mass is 10.2. The molecule has 0 bridgehead atoms. The van der Waals surface area contributed by atoms with Crippen molar-refractivity contribution in [1.82, 2.24) is 15.0 Å². The summed E-state index contributed by atoms with van der Waals surface area (Å²) in [6, 6.07) is 9.00. The molecular weight excluding hydrogens is 481 g/mol. The zero-order valence-corrected chi connectivity index (χ0v) is 19.8. The summed E-state index contributed by atoms with van der Waals surface area (Å²) in [4.78, 5) is 18.0. The maximum atomic E-state index is 6.30. The number of ether oxygens (including phenoxy) is 2. The van der Waals surface area contributed by atoms with Crippen LogP contribution in [-0.2, 0) is 9.47 Å². The average Bonchev–Trinajstić information content (AvgIpc) is 3.35. The van der Waals surface area contributed by atoms with Gasteiger partial charge in [0.05, 0.1) is 42.7 Å². The van der Waals surface area contributed by atoms with Crippen LogP contribution in [0.4, 0.5) is 17.8 Å². The van der Waals surface area contributed by atoms with Crippen LogP contribution in [-0.4, -0.2) is 73.8 Å². The van der Waals surface area contributed by atoms with Gasteiger partial charge in [0, 0.05) is 31.7 Å². The number of halogens is 2. The molecule has 2 aliphatic rings. The van der Waals surface area contributed by atoms with Gasteiger partial charge in [-0.25, -0.2) is 5.43 Å². The highest BCUT2D eigenvalue weighted by atomic mass is 35.5. The molecule has 2 saturated heterocycles. The van der Waals surface area contributed by atoms with Crippen LogP contribution < -0.4 is 15.2 Å². The second-order valence-corrected chi connectivity index (χ2v) is 8.42. The molecule has 1 N–H and O–H groups in total. The lowest BCUT2D eigenvalue weighted by Gasteiger charge is -2.30. The van der Waals surface area contributed by atoms with Crippen LogP contribution in [0.5, 0.6) is 0 Å². The van der Waals surface area contributed by atoms with E-state index in [9.17, 15) is 0 Å². The smallest absolute Gasteiger partial charge is 0.250 e. The summed E-state index contributed by atoms with van der Waals surface area (Å²) >= 11 is 12.4. The lowest BCUT2D eigenvalue weighted by molar-refractivity contribution is 0.121. The molecule has 34 heavy (non-hydrogen) atoms. The molecule has 5 rings (SSSR count). The molecule has 0 radical (unpaired) electrons. The molecule has 2 aliphatic heterocycles. The molecule has 4 heterocycles. The zero-order valence-electron chi connectivity index (χ0n) is 18.3. The molecule has 0 amide bonds. The van der Waals surface area contributed by atoms with Gasteiger partial charge in [-0.15, -0.1) is 0 Å². The summed E-state index contributed by atoms with van der Waals surface area (Å²) in [5.74, 6) is 2.66. The van der Waals surface area contributed by atoms with Gasteiger partial charge in [-0.05, 0) is 24.3 Å². The van der Waals surface area contributed by atoms with Gasteiger partial charge in [0.15, 0.2) is 0 Å². The van der Waals surface area contributed by atoms with Gasteiger partial charge in [0.2, 0.25) is 17.8 Å². The molecule has 3 aromatic rings. The molecular formula is C22H23Cl2N7O3. The highest BCUT2D eigenvalue weighted by Crippen LogP contribution is 2.34. The number of nitrogens with one attached hydrogen (secondary N) is 1. The average molecular weight is 504 g/mol. The van der Waals surface area contributed by atoms with Gasteiger partial charge in [-0.1, -0.05) is 29.3 Å². The fourth-order valence-corrected chi connectivity index (χ4v) is 4.02. The van der Waals surface area contributed by atoms with E-state index in [2.05, 4.69) is 35.3 Å². The SMILES string of the molecule is Clc1cccc(-c2ccc(/C=N\Nc3nc(N4CCOCC4)nc(N4CCOCC4)n3)o2)c1Cl. The standard InChI is InChI=1S/C22H23Cl2N7O3/c23-17-3-1-2-16(19(17)24)18-5-4-15(34-18)14-25-29-20-26-21(30-6-10-32-11-7-30)28-22(27-20)31-8-12-33-13-9-31/h1-5,14H,6-13H2,(H,26,27,28,29)/b25-14-. The second-order valence-electron chi connectivity index (χ2n) is 7.63. The number of morpholine rings is 2. The molecule has 0 unspecified atom stereocenters. The molecule has 1 aromatic carbocycles. The number of furan rings is 1. The highest BCUT2D eigenvalue weighted by molar-refractivity contribution is 6.43. The fraction of sp³-hybridized carbons (Fsp3) is 0.364. The molecule has 0 aliphatic carbocycles. The van der Waals surface area contributed by atoms with E-state index in [0.717, 1.165) is 26.2 Å². The van der Waals surface area contributed by atoms with Crippen LogP contribution in [0.2, 0.25) is 10.0 Å². The fourth-order valence-electron chi connectivity index (χ4n) is 3.63. The minimum atomic E-state index is 0.346. The van der Waals surface area contributed by atoms with Gasteiger partial charge in [-0.3, -0.25) is 0 Å². The number of hydrazone groups is 1. The van der Waals surface area contributed by atoms with Gasteiger partial charge >= 0.3 is 0 Å². The first-order valence-electron chi connectivity index (χ1n) is 10.9. The predicted molar refractivity (Wildman–Crippen MR) is 131 cm³/mol. The largest absolute Gasteiger partial charge is 0.455 e. The molecule has 0 saturated carbocycles. The number of anilines is 3. The van der Waals surface area contributed by atoms with Gasteiger partial charge in [-0.2, -0.15) is 20.1 Å². The topological polar surface area (TPSA) is 101 Å². The van der Waals surface area contributed by atoms with E-state index in [1.54, 1.807) is 18.3 Å². The van der Waals surface area contributed by atoms with E-state index >= 15 is 0 Å². The third-order valence-corrected chi connectivity index (χ3v) is 6.22. The van der Waals surface area contributed by atoms with Crippen molar-refractivity contribution in [2.75, 3.05) is 67.8 Å². The van der Waals surface area contributed by atoms with Crippen molar-refractivity contribution in [1.29, 1.82) is 0 Å². The third kappa shape index (κ3) is 5.25. The molecule has 0 atom stereocenters. The Labute approximate surface area is 206 Å². The summed E-state index contributed by atoms with van der Waals surface area (Å²) in [5, 5.41) is 5.17. The number of rotatable bonds is 6. The van der Waals surface area contributed by atoms with Crippen molar-refractivity contribution in [3.63, 3.8) is 0 Å². The first-order valence-corrected chi connectivity index (χ1v) is 11.7. The van der Waals surface area contributed by atoms with Gasteiger partial charge in [0.1, 0.15) is 11.5 Å². The van der Waals surface area contributed by atoms with Gasteiger partial charge < -0.3 is 23.7 Å². The molecule has 0 spiro atoms. The molecule has 2 aromatic heterocycles. The monoisotopic (exact) mass is 503 g/mol. The molecule has 2 fully saturated rings. The van der Waals surface area contributed by atoms with E-state index in [4.69, 9.17) is 37.1 Å². The third-order valence-electron chi connectivity index (χ3n) is 5.40. The lowest BCUT2D eigenvalue weighted by Crippen LogP contribution is -2.40. The van der Waals surface area contributed by atoms with Crippen LogP contribution in [0.25, 0.3) is 11.3 Å². The van der Waals surface area contributed by atoms with E-state index in [1.807, 2.05) is 18.2 Å².